The summed E-state index contributed by atoms with van der Waals surface area (Å²) in [6.07, 6.45) is -1.78. The predicted octanol–water partition coefficient (Wildman–Crippen LogP) is 2.11. The molecule has 0 spiro atoms. The summed E-state index contributed by atoms with van der Waals surface area (Å²) in [7, 11) is -5.90. The zero-order chi connectivity index (χ0) is 25.6. The summed E-state index contributed by atoms with van der Waals surface area (Å²) in [4.78, 5) is 26.3. The van der Waals surface area contributed by atoms with Crippen molar-refractivity contribution in [3.8, 4) is 0 Å². The fourth-order valence-electron chi connectivity index (χ4n) is 5.33. The highest BCUT2D eigenvalue weighted by Crippen LogP contribution is 2.50. The van der Waals surface area contributed by atoms with Gasteiger partial charge in [0.15, 0.2) is 11.8 Å². The molecule has 2 saturated heterocycles. The largest absolute Gasteiger partial charge is 0.414 e. The van der Waals surface area contributed by atoms with Crippen molar-refractivity contribution in [3.63, 3.8) is 0 Å². The summed E-state index contributed by atoms with van der Waals surface area (Å²) < 4.78 is 27.9. The summed E-state index contributed by atoms with van der Waals surface area (Å²) in [5, 5.41) is 22.1. The summed E-state index contributed by atoms with van der Waals surface area (Å²) in [5.74, 6) is 0. The zero-order valence-electron chi connectivity index (χ0n) is 21.4. The Morgan fingerprint density at radius 1 is 1.06 bits per heavy atom. The van der Waals surface area contributed by atoms with Gasteiger partial charge in [0.2, 0.25) is 0 Å². The minimum Gasteiger partial charge on any atom is -0.414 e. The van der Waals surface area contributed by atoms with Crippen LogP contribution in [-0.2, 0) is 17.7 Å². The fourth-order valence-corrected chi connectivity index (χ4v) is 16.6. The molecule has 2 aliphatic rings. The maximum Gasteiger partial charge on any atom is 0.335 e. The van der Waals surface area contributed by atoms with Crippen molar-refractivity contribution in [2.24, 2.45) is 0 Å². The van der Waals surface area contributed by atoms with Crippen LogP contribution in [0.25, 0.3) is 0 Å². The molecule has 0 aromatic carbocycles. The number of aromatic nitrogens is 2. The number of hydrogen-bond donors (Lipinski definition) is 3. The first-order chi connectivity index (χ1) is 15.7. The molecule has 194 valence electrons. The standard InChI is InChI=1S/C22H40N2O8Si2/c1-13(2)33(14(3)4)29-11-17-19(31-34(32-33,15(5)6)16(7)8)22(28,12-25)20(30-17)24-10-9-18(26)23-21(24)27/h9-10,13-17,19-20,25,28H,11-12H2,1-8H3,(H,23,26,27)/t17-,19+,20-,22-/m0/s1. The maximum atomic E-state index is 12.6. The lowest BCUT2D eigenvalue weighted by Gasteiger charge is -2.52. The summed E-state index contributed by atoms with van der Waals surface area (Å²) in [5.41, 5.74) is -2.99. The summed E-state index contributed by atoms with van der Waals surface area (Å²) >= 11 is 0. The number of aliphatic hydroxyl groups excluding tert-OH is 1. The highest BCUT2D eigenvalue weighted by molar-refractivity contribution is 6.84. The average Bonchev–Trinajstić information content (AvgIpc) is 2.98. The Balaban J connectivity index is 2.18. The third kappa shape index (κ3) is 4.32. The Labute approximate surface area is 202 Å². The van der Waals surface area contributed by atoms with E-state index in [1.807, 2.05) is 0 Å². The monoisotopic (exact) mass is 516 g/mol. The van der Waals surface area contributed by atoms with Crippen molar-refractivity contribution in [3.05, 3.63) is 33.1 Å². The van der Waals surface area contributed by atoms with E-state index in [0.717, 1.165) is 4.57 Å². The van der Waals surface area contributed by atoms with Crippen LogP contribution in [-0.4, -0.2) is 67.9 Å². The molecular weight excluding hydrogens is 476 g/mol. The van der Waals surface area contributed by atoms with Crippen LogP contribution in [0.15, 0.2) is 21.9 Å². The molecule has 10 nitrogen and oxygen atoms in total. The van der Waals surface area contributed by atoms with Gasteiger partial charge in [-0.2, -0.15) is 0 Å². The second-order valence-electron chi connectivity index (χ2n) is 10.7. The van der Waals surface area contributed by atoms with Crippen LogP contribution in [0.5, 0.6) is 0 Å². The van der Waals surface area contributed by atoms with Gasteiger partial charge >= 0.3 is 22.8 Å². The number of fused-ring (bicyclic) bond motifs is 1. The van der Waals surface area contributed by atoms with Crippen LogP contribution < -0.4 is 11.2 Å². The normalized spacial score (nSPS) is 31.2. The third-order valence-electron chi connectivity index (χ3n) is 7.24. The molecule has 34 heavy (non-hydrogen) atoms. The van der Waals surface area contributed by atoms with Crippen LogP contribution >= 0.6 is 0 Å². The lowest BCUT2D eigenvalue weighted by Crippen LogP contribution is -2.67. The van der Waals surface area contributed by atoms with Crippen molar-refractivity contribution in [2.45, 2.75) is 102 Å². The van der Waals surface area contributed by atoms with Crippen molar-refractivity contribution in [2.75, 3.05) is 13.2 Å². The molecule has 3 heterocycles. The Bertz CT molecular complexity index is 962. The SMILES string of the molecule is CC(C)[Si]1(C(C)C)OC[C@@H]2O[C@H](n3ccc(=O)[nH]c3=O)[C@](O)(CO)[C@@H]2O[Si](C(C)C)(C(C)C)O1. The molecule has 0 radical (unpaired) electrons. The molecule has 0 unspecified atom stereocenters. The van der Waals surface area contributed by atoms with E-state index in [9.17, 15) is 19.8 Å². The van der Waals surface area contributed by atoms with Crippen molar-refractivity contribution in [1.29, 1.82) is 0 Å². The maximum absolute atomic E-state index is 12.6. The molecular formula is C22H40N2O8Si2. The number of ether oxygens (including phenoxy) is 1. The van der Waals surface area contributed by atoms with Gasteiger partial charge in [-0.1, -0.05) is 55.4 Å². The van der Waals surface area contributed by atoms with E-state index in [1.165, 1.54) is 12.3 Å². The highest BCUT2D eigenvalue weighted by Gasteiger charge is 2.65. The molecule has 3 N–H and O–H groups in total. The molecule has 1 aromatic heterocycles. The van der Waals surface area contributed by atoms with Gasteiger partial charge in [-0.15, -0.1) is 0 Å². The Hall–Kier alpha value is -1.13. The number of aliphatic hydroxyl groups is 2. The molecule has 0 aliphatic carbocycles. The number of nitrogens with one attached hydrogen (secondary N) is 1. The molecule has 2 aliphatic heterocycles. The molecule has 12 heteroatoms. The van der Waals surface area contributed by atoms with Crippen molar-refractivity contribution in [1.82, 2.24) is 9.55 Å². The van der Waals surface area contributed by atoms with Crippen molar-refractivity contribution < 1.29 is 27.9 Å². The minimum absolute atomic E-state index is 0.0111. The Morgan fingerprint density at radius 2 is 1.62 bits per heavy atom. The third-order valence-corrected chi connectivity index (χ3v) is 17.5. The summed E-state index contributed by atoms with van der Waals surface area (Å²) in [6.45, 7) is 16.0. The molecule has 3 rings (SSSR count). The zero-order valence-corrected chi connectivity index (χ0v) is 23.4. The molecule has 1 aromatic rings. The topological polar surface area (TPSA) is 132 Å². The van der Waals surface area contributed by atoms with Gasteiger partial charge in [-0.25, -0.2) is 4.79 Å². The smallest absolute Gasteiger partial charge is 0.335 e. The fraction of sp³-hybridized carbons (Fsp3) is 0.818. The van der Waals surface area contributed by atoms with Crippen LogP contribution in [0.2, 0.25) is 22.2 Å². The molecule has 4 atom stereocenters. The Morgan fingerprint density at radius 3 is 2.09 bits per heavy atom. The second kappa shape index (κ2) is 9.73. The Kier molecular flexibility index (Phi) is 7.86. The van der Waals surface area contributed by atoms with Gasteiger partial charge in [-0.3, -0.25) is 14.3 Å². The predicted molar refractivity (Wildman–Crippen MR) is 131 cm³/mol. The van der Waals surface area contributed by atoms with E-state index < -0.39 is 59.0 Å². The van der Waals surface area contributed by atoms with Crippen LogP contribution in [0.1, 0.15) is 61.6 Å². The van der Waals surface area contributed by atoms with Gasteiger partial charge < -0.3 is 27.9 Å². The van der Waals surface area contributed by atoms with Gasteiger partial charge in [0, 0.05) is 12.3 Å². The second-order valence-corrected chi connectivity index (χ2v) is 19.6. The highest BCUT2D eigenvalue weighted by atomic mass is 28.5. The van der Waals surface area contributed by atoms with E-state index in [4.69, 9.17) is 17.7 Å². The first kappa shape index (κ1) is 27.5. The van der Waals surface area contributed by atoms with E-state index in [2.05, 4.69) is 60.4 Å². The molecule has 0 saturated carbocycles. The number of hydrogen-bond acceptors (Lipinski definition) is 8. The van der Waals surface area contributed by atoms with E-state index >= 15 is 0 Å². The average molecular weight is 517 g/mol. The van der Waals surface area contributed by atoms with Gasteiger partial charge in [0.05, 0.1) is 13.2 Å². The number of nitrogens with zero attached hydrogens (tertiary/aromatic N) is 1. The number of H-pyrrole nitrogens is 1. The van der Waals surface area contributed by atoms with Gasteiger partial charge in [0.25, 0.3) is 5.56 Å². The van der Waals surface area contributed by atoms with Crippen molar-refractivity contribution >= 4 is 17.1 Å². The number of aromatic amines is 1. The quantitative estimate of drug-likeness (QED) is 0.490. The van der Waals surface area contributed by atoms with Gasteiger partial charge in [0.1, 0.15) is 12.2 Å². The molecule has 0 bridgehead atoms. The van der Waals surface area contributed by atoms with E-state index in [1.54, 1.807) is 0 Å². The molecule has 2 fully saturated rings. The first-order valence-electron chi connectivity index (χ1n) is 12.1. The lowest BCUT2D eigenvalue weighted by atomic mass is 9.95. The van der Waals surface area contributed by atoms with Gasteiger partial charge in [-0.05, 0) is 22.2 Å². The summed E-state index contributed by atoms with van der Waals surface area (Å²) in [6, 6.07) is 1.17. The van der Waals surface area contributed by atoms with E-state index in [-0.39, 0.29) is 28.8 Å². The van der Waals surface area contributed by atoms with Crippen LogP contribution in [0, 0.1) is 0 Å². The first-order valence-corrected chi connectivity index (χ1v) is 16.0. The number of rotatable bonds is 6. The molecule has 0 amide bonds. The van der Waals surface area contributed by atoms with E-state index in [0.29, 0.717) is 0 Å². The van der Waals surface area contributed by atoms with Crippen LogP contribution in [0.4, 0.5) is 0 Å². The lowest BCUT2D eigenvalue weighted by molar-refractivity contribution is -0.134. The van der Waals surface area contributed by atoms with Crippen LogP contribution in [0.3, 0.4) is 0 Å². The minimum atomic E-state index is -3.08.